The van der Waals surface area contributed by atoms with Crippen molar-refractivity contribution in [3.05, 3.63) is 18.2 Å². The van der Waals surface area contributed by atoms with Crippen molar-refractivity contribution in [3.8, 4) is 5.75 Å². The fourth-order valence-electron chi connectivity index (χ4n) is 1.75. The monoisotopic (exact) mass is 237 g/mol. The Hall–Kier alpha value is -0.830. The van der Waals surface area contributed by atoms with E-state index in [1.807, 2.05) is 17.8 Å². The minimum absolute atomic E-state index is 0.318. The van der Waals surface area contributed by atoms with Crippen molar-refractivity contribution in [1.82, 2.24) is 0 Å². The number of nitrogens with one attached hydrogen (secondary N) is 1. The molecule has 0 amide bonds. The molecule has 1 aromatic carbocycles. The number of methoxy groups -OCH3 is 1. The first-order valence-corrected chi connectivity index (χ1v) is 6.47. The zero-order valence-electron chi connectivity index (χ0n) is 10.3. The zero-order valence-corrected chi connectivity index (χ0v) is 11.1. The van der Waals surface area contributed by atoms with Crippen molar-refractivity contribution < 1.29 is 4.74 Å². The van der Waals surface area contributed by atoms with Gasteiger partial charge in [-0.05, 0) is 23.6 Å². The molecule has 1 aromatic rings. The van der Waals surface area contributed by atoms with E-state index >= 15 is 0 Å². The minimum Gasteiger partial charge on any atom is -0.497 e. The molecule has 0 bridgehead atoms. The molecule has 0 spiro atoms. The van der Waals surface area contributed by atoms with E-state index in [1.54, 1.807) is 7.11 Å². The van der Waals surface area contributed by atoms with Crippen LogP contribution in [0.3, 0.4) is 0 Å². The van der Waals surface area contributed by atoms with Crippen LogP contribution in [0.15, 0.2) is 23.1 Å². The molecule has 2 nitrogen and oxygen atoms in total. The predicted molar refractivity (Wildman–Crippen MR) is 70.6 cm³/mol. The molecule has 0 aliphatic carbocycles. The highest BCUT2D eigenvalue weighted by Gasteiger charge is 2.29. The van der Waals surface area contributed by atoms with Gasteiger partial charge in [0.15, 0.2) is 0 Å². The van der Waals surface area contributed by atoms with Gasteiger partial charge >= 0.3 is 0 Å². The molecule has 0 saturated heterocycles. The lowest BCUT2D eigenvalue weighted by Crippen LogP contribution is -2.32. The third-order valence-corrected chi connectivity index (χ3v) is 4.65. The van der Waals surface area contributed by atoms with Crippen LogP contribution in [0.2, 0.25) is 0 Å². The summed E-state index contributed by atoms with van der Waals surface area (Å²) in [6.45, 7) is 7.90. The number of fused-ring (bicyclic) bond motifs is 1. The normalized spacial score (nSPS) is 19.9. The number of rotatable bonds is 1. The van der Waals surface area contributed by atoms with Crippen LogP contribution in [0, 0.1) is 5.41 Å². The summed E-state index contributed by atoms with van der Waals surface area (Å²) in [5.41, 5.74) is 1.55. The van der Waals surface area contributed by atoms with Crippen molar-refractivity contribution >= 4 is 17.4 Å². The first-order chi connectivity index (χ1) is 7.50. The molecule has 0 radical (unpaired) electrons. The van der Waals surface area contributed by atoms with Gasteiger partial charge in [0.25, 0.3) is 0 Å². The summed E-state index contributed by atoms with van der Waals surface area (Å²) in [7, 11) is 1.71. The second kappa shape index (κ2) is 4.21. The molecule has 1 N–H and O–H groups in total. The summed E-state index contributed by atoms with van der Waals surface area (Å²) in [6, 6.07) is 6.22. The van der Waals surface area contributed by atoms with Gasteiger partial charge in [-0.25, -0.2) is 0 Å². The van der Waals surface area contributed by atoms with E-state index in [4.69, 9.17) is 4.74 Å². The number of ether oxygens (including phenoxy) is 1. The van der Waals surface area contributed by atoms with Crippen molar-refractivity contribution in [1.29, 1.82) is 0 Å². The molecule has 0 aromatic heterocycles. The molecule has 3 heteroatoms. The summed E-state index contributed by atoms with van der Waals surface area (Å²) in [5, 5.41) is 4.10. The van der Waals surface area contributed by atoms with Gasteiger partial charge in [-0.3, -0.25) is 0 Å². The first kappa shape index (κ1) is 11.6. The topological polar surface area (TPSA) is 21.3 Å². The lowest BCUT2D eigenvalue weighted by molar-refractivity contribution is 0.400. The Bertz CT molecular complexity index is 384. The standard InChI is InChI=1S/C13H19NOS/c1-13(2,3)12-8-14-10-6-5-9(15-4)7-11(10)16-12/h5-7,12,14H,8H2,1-4H3. The van der Waals surface area contributed by atoms with Crippen molar-refractivity contribution in [2.45, 2.75) is 30.9 Å². The third-order valence-electron chi connectivity index (χ3n) is 2.90. The van der Waals surface area contributed by atoms with Crippen LogP contribution in [-0.4, -0.2) is 18.9 Å². The molecule has 0 fully saturated rings. The number of benzene rings is 1. The largest absolute Gasteiger partial charge is 0.497 e. The Morgan fingerprint density at radius 2 is 2.12 bits per heavy atom. The molecule has 0 saturated carbocycles. The SMILES string of the molecule is COc1ccc2c(c1)SC(C(C)(C)C)CN2. The molecule has 2 rings (SSSR count). The average molecular weight is 237 g/mol. The maximum atomic E-state index is 5.26. The van der Waals surface area contributed by atoms with Crippen LogP contribution in [0.1, 0.15) is 20.8 Å². The van der Waals surface area contributed by atoms with Crippen LogP contribution in [-0.2, 0) is 0 Å². The molecular weight excluding hydrogens is 218 g/mol. The van der Waals surface area contributed by atoms with Crippen molar-refractivity contribution in [2.24, 2.45) is 5.41 Å². The first-order valence-electron chi connectivity index (χ1n) is 5.59. The Balaban J connectivity index is 2.25. The van der Waals surface area contributed by atoms with Crippen LogP contribution >= 0.6 is 11.8 Å². The van der Waals surface area contributed by atoms with Crippen LogP contribution < -0.4 is 10.1 Å². The number of hydrogen-bond acceptors (Lipinski definition) is 3. The number of thioether (sulfide) groups is 1. The molecule has 1 atom stereocenters. The molecule has 88 valence electrons. The van der Waals surface area contributed by atoms with Gasteiger partial charge in [0.05, 0.1) is 7.11 Å². The van der Waals surface area contributed by atoms with Gasteiger partial charge in [0, 0.05) is 22.4 Å². The lowest BCUT2D eigenvalue weighted by atomic mass is 9.91. The molecule has 1 aliphatic rings. The summed E-state index contributed by atoms with van der Waals surface area (Å²) in [5.74, 6) is 0.933. The maximum Gasteiger partial charge on any atom is 0.120 e. The van der Waals surface area contributed by atoms with E-state index in [2.05, 4.69) is 38.2 Å². The minimum atomic E-state index is 0.318. The van der Waals surface area contributed by atoms with Gasteiger partial charge in [-0.15, -0.1) is 11.8 Å². The number of anilines is 1. The quantitative estimate of drug-likeness (QED) is 0.806. The molecule has 16 heavy (non-hydrogen) atoms. The molecular formula is C13H19NOS. The highest BCUT2D eigenvalue weighted by atomic mass is 32.2. The highest BCUT2D eigenvalue weighted by Crippen LogP contribution is 2.43. The van der Waals surface area contributed by atoms with Crippen LogP contribution in [0.5, 0.6) is 5.75 Å². The van der Waals surface area contributed by atoms with E-state index < -0.39 is 0 Å². The fourth-order valence-corrected chi connectivity index (χ4v) is 3.03. The summed E-state index contributed by atoms with van der Waals surface area (Å²) < 4.78 is 5.26. The molecule has 1 aliphatic heterocycles. The third kappa shape index (κ3) is 2.29. The molecule has 1 unspecified atom stereocenters. The maximum absolute atomic E-state index is 5.26. The van der Waals surface area contributed by atoms with Gasteiger partial charge in [0.2, 0.25) is 0 Å². The smallest absolute Gasteiger partial charge is 0.120 e. The predicted octanol–water partition coefficient (Wildman–Crippen LogP) is 3.63. The highest BCUT2D eigenvalue weighted by molar-refractivity contribution is 8.00. The number of hydrogen-bond donors (Lipinski definition) is 1. The Morgan fingerprint density at radius 3 is 2.75 bits per heavy atom. The second-order valence-electron chi connectivity index (χ2n) is 5.22. The van der Waals surface area contributed by atoms with Gasteiger partial charge in [0.1, 0.15) is 5.75 Å². The second-order valence-corrected chi connectivity index (χ2v) is 6.46. The fraction of sp³-hybridized carbons (Fsp3) is 0.538. The lowest BCUT2D eigenvalue weighted by Gasteiger charge is -2.35. The molecule has 1 heterocycles. The van der Waals surface area contributed by atoms with E-state index in [1.165, 1.54) is 10.6 Å². The Morgan fingerprint density at radius 1 is 1.38 bits per heavy atom. The van der Waals surface area contributed by atoms with E-state index in [0.717, 1.165) is 12.3 Å². The van der Waals surface area contributed by atoms with Crippen molar-refractivity contribution in [3.63, 3.8) is 0 Å². The summed E-state index contributed by atoms with van der Waals surface area (Å²) in [4.78, 5) is 1.30. The van der Waals surface area contributed by atoms with E-state index in [0.29, 0.717) is 10.7 Å². The van der Waals surface area contributed by atoms with Crippen LogP contribution in [0.4, 0.5) is 5.69 Å². The van der Waals surface area contributed by atoms with E-state index in [9.17, 15) is 0 Å². The van der Waals surface area contributed by atoms with Crippen molar-refractivity contribution in [2.75, 3.05) is 19.0 Å². The van der Waals surface area contributed by atoms with Gasteiger partial charge in [-0.2, -0.15) is 0 Å². The van der Waals surface area contributed by atoms with Crippen LogP contribution in [0.25, 0.3) is 0 Å². The zero-order chi connectivity index (χ0) is 11.8. The Labute approximate surface area is 102 Å². The van der Waals surface area contributed by atoms with E-state index in [-0.39, 0.29) is 0 Å². The summed E-state index contributed by atoms with van der Waals surface area (Å²) >= 11 is 1.95. The average Bonchev–Trinajstić information content (AvgIpc) is 2.26. The Kier molecular flexibility index (Phi) is 3.06. The van der Waals surface area contributed by atoms with Gasteiger partial charge in [-0.1, -0.05) is 20.8 Å². The summed E-state index contributed by atoms with van der Waals surface area (Å²) in [6.07, 6.45) is 0. The van der Waals surface area contributed by atoms with Gasteiger partial charge < -0.3 is 10.1 Å².